The van der Waals surface area contributed by atoms with Crippen LogP contribution in [0, 0.1) is 13.8 Å². The summed E-state index contributed by atoms with van der Waals surface area (Å²) in [4.78, 5) is 24.4. The summed E-state index contributed by atoms with van der Waals surface area (Å²) < 4.78 is 5.27. The van der Waals surface area contributed by atoms with Crippen molar-refractivity contribution in [2.45, 2.75) is 32.1 Å². The third kappa shape index (κ3) is 3.32. The molecule has 4 heteroatoms. The van der Waals surface area contributed by atoms with E-state index in [1.54, 1.807) is 0 Å². The minimum Gasteiger partial charge on any atom is -0.455 e. The number of carbonyl (C=O) groups excluding carboxylic acids is 2. The molecular formula is C20H21NO3. The van der Waals surface area contributed by atoms with Crippen LogP contribution in [0.3, 0.4) is 0 Å². The first-order valence-corrected chi connectivity index (χ1v) is 8.11. The van der Waals surface area contributed by atoms with Gasteiger partial charge in [-0.05, 0) is 43.9 Å². The first-order valence-electron chi connectivity index (χ1n) is 8.11. The van der Waals surface area contributed by atoms with Gasteiger partial charge in [-0.3, -0.25) is 9.59 Å². The molecule has 0 bridgehead atoms. The van der Waals surface area contributed by atoms with Gasteiger partial charge >= 0.3 is 5.97 Å². The Morgan fingerprint density at radius 1 is 1.08 bits per heavy atom. The van der Waals surface area contributed by atoms with E-state index in [1.807, 2.05) is 62.4 Å². The van der Waals surface area contributed by atoms with E-state index in [1.165, 1.54) is 0 Å². The summed E-state index contributed by atoms with van der Waals surface area (Å²) in [5.74, 6) is -0.636. The van der Waals surface area contributed by atoms with Gasteiger partial charge in [0, 0.05) is 5.69 Å². The highest BCUT2D eigenvalue weighted by atomic mass is 16.5. The Kier molecular flexibility index (Phi) is 4.38. The number of amides is 1. The van der Waals surface area contributed by atoms with Crippen molar-refractivity contribution >= 4 is 17.6 Å². The van der Waals surface area contributed by atoms with E-state index in [0.29, 0.717) is 0 Å². The lowest BCUT2D eigenvalue weighted by Gasteiger charge is -2.15. The SMILES string of the molecule is Cc1ccc(NC(=O)COC(=O)C2(c3ccccc3)CC2)c(C)c1. The van der Waals surface area contributed by atoms with Crippen molar-refractivity contribution in [3.05, 3.63) is 65.2 Å². The average Bonchev–Trinajstić information content (AvgIpc) is 3.38. The largest absolute Gasteiger partial charge is 0.455 e. The van der Waals surface area contributed by atoms with Crippen LogP contribution in [0.15, 0.2) is 48.5 Å². The Labute approximate surface area is 141 Å². The van der Waals surface area contributed by atoms with Crippen LogP contribution in [0.4, 0.5) is 5.69 Å². The molecule has 1 aliphatic carbocycles. The van der Waals surface area contributed by atoms with Crippen molar-refractivity contribution in [1.29, 1.82) is 0 Å². The molecule has 0 spiro atoms. The van der Waals surface area contributed by atoms with E-state index in [0.717, 1.165) is 35.2 Å². The molecule has 0 aromatic heterocycles. The highest BCUT2D eigenvalue weighted by Gasteiger charge is 2.52. The molecule has 2 aromatic rings. The normalized spacial score (nSPS) is 14.8. The fourth-order valence-corrected chi connectivity index (χ4v) is 2.90. The zero-order valence-electron chi connectivity index (χ0n) is 14.0. The van der Waals surface area contributed by atoms with E-state index < -0.39 is 5.41 Å². The molecule has 24 heavy (non-hydrogen) atoms. The molecule has 0 unspecified atom stereocenters. The summed E-state index contributed by atoms with van der Waals surface area (Å²) in [6, 6.07) is 15.4. The second kappa shape index (κ2) is 6.48. The quantitative estimate of drug-likeness (QED) is 0.857. The molecule has 2 aromatic carbocycles. The van der Waals surface area contributed by atoms with Crippen molar-refractivity contribution in [3.63, 3.8) is 0 Å². The van der Waals surface area contributed by atoms with Crippen LogP contribution in [0.1, 0.15) is 29.5 Å². The van der Waals surface area contributed by atoms with Crippen LogP contribution in [0.2, 0.25) is 0 Å². The van der Waals surface area contributed by atoms with Crippen molar-refractivity contribution in [2.75, 3.05) is 11.9 Å². The van der Waals surface area contributed by atoms with Gasteiger partial charge in [0.2, 0.25) is 0 Å². The Morgan fingerprint density at radius 2 is 1.79 bits per heavy atom. The first kappa shape index (κ1) is 16.2. The Hall–Kier alpha value is -2.62. The smallest absolute Gasteiger partial charge is 0.317 e. The monoisotopic (exact) mass is 323 g/mol. The molecule has 124 valence electrons. The second-order valence-corrected chi connectivity index (χ2v) is 6.39. The third-order valence-corrected chi connectivity index (χ3v) is 4.46. The Morgan fingerprint density at radius 3 is 2.42 bits per heavy atom. The van der Waals surface area contributed by atoms with E-state index in [2.05, 4.69) is 5.32 Å². The van der Waals surface area contributed by atoms with E-state index in [4.69, 9.17) is 4.74 Å². The predicted octanol–water partition coefficient (Wildman–Crippen LogP) is 3.52. The molecule has 1 amide bonds. The van der Waals surface area contributed by atoms with Gasteiger partial charge < -0.3 is 10.1 Å². The lowest BCUT2D eigenvalue weighted by Crippen LogP contribution is -2.28. The van der Waals surface area contributed by atoms with Crippen LogP contribution < -0.4 is 5.32 Å². The zero-order valence-corrected chi connectivity index (χ0v) is 14.0. The second-order valence-electron chi connectivity index (χ2n) is 6.39. The molecule has 0 radical (unpaired) electrons. The van der Waals surface area contributed by atoms with E-state index >= 15 is 0 Å². The highest BCUT2D eigenvalue weighted by Crippen LogP contribution is 2.49. The lowest BCUT2D eigenvalue weighted by atomic mass is 9.96. The lowest BCUT2D eigenvalue weighted by molar-refractivity contribution is -0.150. The maximum atomic E-state index is 12.4. The van der Waals surface area contributed by atoms with Crippen LogP contribution >= 0.6 is 0 Å². The van der Waals surface area contributed by atoms with Gasteiger partial charge in [-0.1, -0.05) is 48.0 Å². The molecule has 0 heterocycles. The molecule has 4 nitrogen and oxygen atoms in total. The number of benzene rings is 2. The number of esters is 1. The van der Waals surface area contributed by atoms with Gasteiger partial charge in [0.1, 0.15) is 0 Å². The number of carbonyl (C=O) groups is 2. The number of rotatable bonds is 5. The molecule has 1 aliphatic rings. The number of anilines is 1. The van der Waals surface area contributed by atoms with Crippen LogP contribution in [-0.2, 0) is 19.7 Å². The Balaban J connectivity index is 1.58. The molecule has 0 saturated heterocycles. The van der Waals surface area contributed by atoms with Crippen molar-refractivity contribution in [3.8, 4) is 0 Å². The molecule has 1 fully saturated rings. The van der Waals surface area contributed by atoms with Gasteiger partial charge in [0.25, 0.3) is 5.91 Å². The molecule has 1 N–H and O–H groups in total. The predicted molar refractivity (Wildman–Crippen MR) is 92.9 cm³/mol. The summed E-state index contributed by atoms with van der Waals surface area (Å²) >= 11 is 0. The Bertz CT molecular complexity index is 764. The van der Waals surface area contributed by atoms with Gasteiger partial charge in [-0.25, -0.2) is 0 Å². The summed E-state index contributed by atoms with van der Waals surface area (Å²) in [6.45, 7) is 3.67. The number of nitrogens with one attached hydrogen (secondary N) is 1. The van der Waals surface area contributed by atoms with Crippen molar-refractivity contribution in [2.24, 2.45) is 0 Å². The fraction of sp³-hybridized carbons (Fsp3) is 0.300. The number of ether oxygens (including phenoxy) is 1. The van der Waals surface area contributed by atoms with Gasteiger partial charge in [-0.15, -0.1) is 0 Å². The average molecular weight is 323 g/mol. The number of hydrogen-bond donors (Lipinski definition) is 1. The van der Waals surface area contributed by atoms with Crippen LogP contribution in [0.25, 0.3) is 0 Å². The van der Waals surface area contributed by atoms with Gasteiger partial charge in [0.05, 0.1) is 5.41 Å². The summed E-state index contributed by atoms with van der Waals surface area (Å²) in [6.07, 6.45) is 1.54. The highest BCUT2D eigenvalue weighted by molar-refractivity contribution is 5.95. The van der Waals surface area contributed by atoms with Crippen LogP contribution in [0.5, 0.6) is 0 Å². The minimum absolute atomic E-state index is 0.263. The van der Waals surface area contributed by atoms with E-state index in [9.17, 15) is 9.59 Å². The summed E-state index contributed by atoms with van der Waals surface area (Å²) in [5.41, 5.74) is 3.27. The number of hydrogen-bond acceptors (Lipinski definition) is 3. The minimum atomic E-state index is -0.554. The molecule has 0 aliphatic heterocycles. The van der Waals surface area contributed by atoms with Crippen molar-refractivity contribution < 1.29 is 14.3 Å². The van der Waals surface area contributed by atoms with E-state index in [-0.39, 0.29) is 18.5 Å². The molecule has 3 rings (SSSR count). The third-order valence-electron chi connectivity index (χ3n) is 4.46. The zero-order chi connectivity index (χ0) is 17.2. The standard InChI is InChI=1S/C20H21NO3/c1-14-8-9-17(15(2)12-14)21-18(22)13-24-19(23)20(10-11-20)16-6-4-3-5-7-16/h3-9,12H,10-11,13H2,1-2H3,(H,21,22). The molecule has 0 atom stereocenters. The van der Waals surface area contributed by atoms with Gasteiger partial charge in [0.15, 0.2) is 6.61 Å². The molecule has 1 saturated carbocycles. The van der Waals surface area contributed by atoms with Crippen molar-refractivity contribution in [1.82, 2.24) is 0 Å². The summed E-state index contributed by atoms with van der Waals surface area (Å²) in [5, 5.41) is 2.79. The fourth-order valence-electron chi connectivity index (χ4n) is 2.90. The number of aryl methyl sites for hydroxylation is 2. The van der Waals surface area contributed by atoms with Gasteiger partial charge in [-0.2, -0.15) is 0 Å². The first-order chi connectivity index (χ1) is 11.5. The summed E-state index contributed by atoms with van der Waals surface area (Å²) in [7, 11) is 0. The maximum absolute atomic E-state index is 12.4. The molecular weight excluding hydrogens is 302 g/mol. The topological polar surface area (TPSA) is 55.4 Å². The maximum Gasteiger partial charge on any atom is 0.317 e. The van der Waals surface area contributed by atoms with Crippen LogP contribution in [-0.4, -0.2) is 18.5 Å².